The molecule has 0 aliphatic heterocycles. The molecule has 0 heterocycles. The summed E-state index contributed by atoms with van der Waals surface area (Å²) in [5.74, 6) is 0. The number of carbonyl (C=O) groups is 1. The molecule has 0 spiro atoms. The first-order chi connectivity index (χ1) is 4.45. The molecule has 0 fully saturated rings. The molecule has 60 valence electrons. The van der Waals surface area contributed by atoms with Crippen LogP contribution in [-0.4, -0.2) is 30.5 Å². The van der Waals surface area contributed by atoms with Crippen LogP contribution in [0.3, 0.4) is 0 Å². The molecule has 4 nitrogen and oxygen atoms in total. The van der Waals surface area contributed by atoms with Crippen LogP contribution in [0, 0.1) is 0 Å². The summed E-state index contributed by atoms with van der Waals surface area (Å²) in [6, 6.07) is 0. The van der Waals surface area contributed by atoms with E-state index < -0.39 is 11.7 Å². The van der Waals surface area contributed by atoms with E-state index in [1.165, 1.54) is 7.11 Å². The number of carbonyl (C=O) groups excluding carboxylic acids is 1. The van der Waals surface area contributed by atoms with E-state index in [0.717, 1.165) is 0 Å². The van der Waals surface area contributed by atoms with Crippen LogP contribution in [0.1, 0.15) is 13.8 Å². The molecule has 4 heteroatoms. The van der Waals surface area contributed by atoms with Crippen molar-refractivity contribution in [2.75, 3.05) is 13.7 Å². The Morgan fingerprint density at radius 1 is 1.70 bits per heavy atom. The van der Waals surface area contributed by atoms with Crippen molar-refractivity contribution in [3.05, 3.63) is 0 Å². The monoisotopic (exact) mass is 147 g/mol. The molecule has 0 atom stereocenters. The number of aliphatic hydroxyl groups is 1. The Labute approximate surface area is 60.2 Å². The molecule has 10 heavy (non-hydrogen) atoms. The van der Waals surface area contributed by atoms with E-state index >= 15 is 0 Å². The Balaban J connectivity index is 3.46. The Hall–Kier alpha value is -0.770. The largest absolute Gasteiger partial charge is 0.453 e. The quantitative estimate of drug-likeness (QED) is 0.583. The summed E-state index contributed by atoms with van der Waals surface area (Å²) in [5, 5.41) is 11.5. The highest BCUT2D eigenvalue weighted by Gasteiger charge is 2.13. The standard InChI is InChI=1S/C6H13NO3/c1-6(2,9)4-7-5(8)10-3/h9H,4H2,1-3H3,(H,7,8). The number of hydrogen-bond acceptors (Lipinski definition) is 3. The zero-order valence-corrected chi connectivity index (χ0v) is 6.47. The molecule has 0 saturated heterocycles. The molecule has 0 aromatic heterocycles. The Kier molecular flexibility index (Phi) is 3.15. The van der Waals surface area contributed by atoms with E-state index in [0.29, 0.717) is 0 Å². The van der Waals surface area contributed by atoms with Crippen LogP contribution in [0.15, 0.2) is 0 Å². The van der Waals surface area contributed by atoms with Crippen molar-refractivity contribution >= 4 is 6.09 Å². The van der Waals surface area contributed by atoms with Crippen molar-refractivity contribution < 1.29 is 14.6 Å². The molecule has 0 saturated carbocycles. The van der Waals surface area contributed by atoms with Gasteiger partial charge in [0.1, 0.15) is 0 Å². The minimum absolute atomic E-state index is 0.194. The van der Waals surface area contributed by atoms with Gasteiger partial charge in [-0.3, -0.25) is 0 Å². The number of hydrogen-bond donors (Lipinski definition) is 2. The zero-order chi connectivity index (χ0) is 8.20. The predicted octanol–water partition coefficient (Wildman–Crippen LogP) is 0.113. The Morgan fingerprint density at radius 3 is 2.50 bits per heavy atom. The number of nitrogens with one attached hydrogen (secondary N) is 1. The van der Waals surface area contributed by atoms with Crippen LogP contribution in [-0.2, 0) is 4.74 Å². The van der Waals surface area contributed by atoms with Gasteiger partial charge < -0.3 is 15.2 Å². The van der Waals surface area contributed by atoms with Gasteiger partial charge in [0.05, 0.1) is 12.7 Å². The molecule has 0 aromatic carbocycles. The first kappa shape index (κ1) is 9.23. The number of amides is 1. The summed E-state index contributed by atoms with van der Waals surface area (Å²) >= 11 is 0. The molecular weight excluding hydrogens is 134 g/mol. The summed E-state index contributed by atoms with van der Waals surface area (Å²) in [6.45, 7) is 3.39. The lowest BCUT2D eigenvalue weighted by atomic mass is 10.1. The topological polar surface area (TPSA) is 58.6 Å². The van der Waals surface area contributed by atoms with Gasteiger partial charge in [-0.15, -0.1) is 0 Å². The van der Waals surface area contributed by atoms with E-state index in [9.17, 15) is 4.79 Å². The highest BCUT2D eigenvalue weighted by atomic mass is 16.5. The molecule has 0 radical (unpaired) electrons. The second-order valence-corrected chi connectivity index (χ2v) is 2.66. The molecule has 0 aliphatic rings. The normalized spacial score (nSPS) is 10.8. The number of ether oxygens (including phenoxy) is 1. The van der Waals surface area contributed by atoms with Gasteiger partial charge in [-0.2, -0.15) is 0 Å². The van der Waals surface area contributed by atoms with Gasteiger partial charge in [-0.25, -0.2) is 4.79 Å². The summed E-state index contributed by atoms with van der Waals surface area (Å²) in [7, 11) is 1.28. The molecule has 2 N–H and O–H groups in total. The van der Waals surface area contributed by atoms with E-state index in [-0.39, 0.29) is 6.54 Å². The van der Waals surface area contributed by atoms with Crippen LogP contribution < -0.4 is 5.32 Å². The van der Waals surface area contributed by atoms with Crippen molar-refractivity contribution in [3.8, 4) is 0 Å². The van der Waals surface area contributed by atoms with Crippen LogP contribution in [0.5, 0.6) is 0 Å². The van der Waals surface area contributed by atoms with E-state index in [4.69, 9.17) is 5.11 Å². The summed E-state index contributed by atoms with van der Waals surface area (Å²) < 4.78 is 4.28. The molecule has 0 unspecified atom stereocenters. The average Bonchev–Trinajstić information content (AvgIpc) is 1.81. The molecule has 1 amide bonds. The van der Waals surface area contributed by atoms with Crippen LogP contribution in [0.25, 0.3) is 0 Å². The van der Waals surface area contributed by atoms with Crippen molar-refractivity contribution in [3.63, 3.8) is 0 Å². The first-order valence-electron chi connectivity index (χ1n) is 3.00. The third-order valence-electron chi connectivity index (χ3n) is 0.851. The first-order valence-corrected chi connectivity index (χ1v) is 3.00. The lowest BCUT2D eigenvalue weighted by Crippen LogP contribution is -2.38. The van der Waals surface area contributed by atoms with Gasteiger partial charge in [0.25, 0.3) is 0 Å². The summed E-state index contributed by atoms with van der Waals surface area (Å²) in [5.41, 5.74) is -0.881. The smallest absolute Gasteiger partial charge is 0.406 e. The third-order valence-corrected chi connectivity index (χ3v) is 0.851. The SMILES string of the molecule is COC(=O)NCC(C)(C)O. The number of rotatable bonds is 2. The van der Waals surface area contributed by atoms with E-state index in [2.05, 4.69) is 10.1 Å². The van der Waals surface area contributed by atoms with Crippen molar-refractivity contribution in [1.82, 2.24) is 5.32 Å². The van der Waals surface area contributed by atoms with Crippen molar-refractivity contribution in [2.24, 2.45) is 0 Å². The van der Waals surface area contributed by atoms with Gasteiger partial charge in [-0.1, -0.05) is 0 Å². The zero-order valence-electron chi connectivity index (χ0n) is 6.47. The molecule has 0 aromatic rings. The van der Waals surface area contributed by atoms with Crippen LogP contribution >= 0.6 is 0 Å². The lowest BCUT2D eigenvalue weighted by Gasteiger charge is -2.16. The fraction of sp³-hybridized carbons (Fsp3) is 0.833. The summed E-state index contributed by atoms with van der Waals surface area (Å²) in [6.07, 6.45) is -0.526. The fourth-order valence-corrected chi connectivity index (χ4v) is 0.361. The average molecular weight is 147 g/mol. The Morgan fingerprint density at radius 2 is 2.20 bits per heavy atom. The van der Waals surface area contributed by atoms with Gasteiger partial charge in [-0.05, 0) is 13.8 Å². The van der Waals surface area contributed by atoms with Crippen LogP contribution in [0.4, 0.5) is 4.79 Å². The minimum atomic E-state index is -0.881. The molecule has 0 rings (SSSR count). The van der Waals surface area contributed by atoms with E-state index in [1.54, 1.807) is 13.8 Å². The highest BCUT2D eigenvalue weighted by Crippen LogP contribution is 1.96. The maximum Gasteiger partial charge on any atom is 0.406 e. The number of methoxy groups -OCH3 is 1. The molecule has 0 bridgehead atoms. The predicted molar refractivity (Wildman–Crippen MR) is 36.7 cm³/mol. The van der Waals surface area contributed by atoms with Gasteiger partial charge in [0, 0.05) is 6.54 Å². The molecule has 0 aliphatic carbocycles. The number of alkyl carbamates (subject to hydrolysis) is 1. The maximum absolute atomic E-state index is 10.4. The maximum atomic E-state index is 10.4. The molecular formula is C6H13NO3. The minimum Gasteiger partial charge on any atom is -0.453 e. The van der Waals surface area contributed by atoms with Gasteiger partial charge in [0.15, 0.2) is 0 Å². The van der Waals surface area contributed by atoms with Gasteiger partial charge in [0.2, 0.25) is 0 Å². The fourth-order valence-electron chi connectivity index (χ4n) is 0.361. The second kappa shape index (κ2) is 3.41. The summed E-state index contributed by atoms with van der Waals surface area (Å²) in [4.78, 5) is 10.4. The third kappa shape index (κ3) is 5.37. The lowest BCUT2D eigenvalue weighted by molar-refractivity contribution is 0.0767. The second-order valence-electron chi connectivity index (χ2n) is 2.66. The van der Waals surface area contributed by atoms with Crippen molar-refractivity contribution in [2.45, 2.75) is 19.4 Å². The van der Waals surface area contributed by atoms with Crippen LogP contribution in [0.2, 0.25) is 0 Å². The van der Waals surface area contributed by atoms with E-state index in [1.807, 2.05) is 0 Å². The highest BCUT2D eigenvalue weighted by molar-refractivity contribution is 5.66. The Bertz CT molecular complexity index is 117. The van der Waals surface area contributed by atoms with Gasteiger partial charge >= 0.3 is 6.09 Å². The van der Waals surface area contributed by atoms with Crippen molar-refractivity contribution in [1.29, 1.82) is 0 Å².